The highest BCUT2D eigenvalue weighted by Crippen LogP contribution is 2.20. The Balaban J connectivity index is 1.45. The molecule has 0 bridgehead atoms. The van der Waals surface area contributed by atoms with Gasteiger partial charge in [-0.05, 0) is 68.9 Å². The molecule has 0 fully saturated rings. The van der Waals surface area contributed by atoms with Crippen molar-refractivity contribution in [2.24, 2.45) is 0 Å². The second kappa shape index (κ2) is 11.1. The van der Waals surface area contributed by atoms with Crippen molar-refractivity contribution in [2.45, 2.75) is 50.0 Å². The third-order valence-electron chi connectivity index (χ3n) is 5.29. The van der Waals surface area contributed by atoms with Gasteiger partial charge in [0.1, 0.15) is 5.75 Å². The van der Waals surface area contributed by atoms with Crippen molar-refractivity contribution < 1.29 is 17.9 Å². The monoisotopic (exact) mass is 442 g/mol. The van der Waals surface area contributed by atoms with Crippen LogP contribution < -0.4 is 14.8 Å². The van der Waals surface area contributed by atoms with Gasteiger partial charge >= 0.3 is 0 Å². The lowest BCUT2D eigenvalue weighted by Crippen LogP contribution is -2.30. The fraction of sp³-hybridized carbons (Fsp3) is 0.375. The maximum atomic E-state index is 12.6. The second-order valence-corrected chi connectivity index (χ2v) is 9.44. The molecule has 2 aromatic rings. The molecule has 166 valence electrons. The van der Waals surface area contributed by atoms with Gasteiger partial charge in [0.05, 0.1) is 4.90 Å². The molecule has 31 heavy (non-hydrogen) atoms. The Morgan fingerprint density at radius 2 is 1.81 bits per heavy atom. The van der Waals surface area contributed by atoms with Gasteiger partial charge in [-0.25, -0.2) is 13.1 Å². The molecular formula is C24H30N2O4S. The summed E-state index contributed by atoms with van der Waals surface area (Å²) in [5, 5.41) is 2.86. The summed E-state index contributed by atoms with van der Waals surface area (Å²) >= 11 is 0. The molecule has 0 radical (unpaired) electrons. The van der Waals surface area contributed by atoms with Crippen LogP contribution >= 0.6 is 0 Å². The van der Waals surface area contributed by atoms with Crippen molar-refractivity contribution in [1.29, 1.82) is 0 Å². The average molecular weight is 443 g/mol. The van der Waals surface area contributed by atoms with Crippen LogP contribution in [0.5, 0.6) is 5.75 Å². The Morgan fingerprint density at radius 1 is 1.06 bits per heavy atom. The number of ether oxygens (including phenoxy) is 1. The van der Waals surface area contributed by atoms with E-state index in [9.17, 15) is 13.2 Å². The Morgan fingerprint density at radius 3 is 2.48 bits per heavy atom. The second-order valence-electron chi connectivity index (χ2n) is 7.72. The Kier molecular flexibility index (Phi) is 8.26. The molecule has 0 aliphatic heterocycles. The van der Waals surface area contributed by atoms with Crippen molar-refractivity contribution in [1.82, 2.24) is 10.0 Å². The number of nitrogens with one attached hydrogen (secondary N) is 2. The van der Waals surface area contributed by atoms with E-state index in [1.807, 2.05) is 30.3 Å². The maximum absolute atomic E-state index is 12.6. The highest BCUT2D eigenvalue weighted by atomic mass is 32.2. The molecule has 0 aromatic heterocycles. The lowest BCUT2D eigenvalue weighted by Gasteiger charge is -2.15. The molecule has 1 aliphatic rings. The number of amides is 1. The first-order valence-corrected chi connectivity index (χ1v) is 12.2. The van der Waals surface area contributed by atoms with Crippen LogP contribution in [0.3, 0.4) is 0 Å². The van der Waals surface area contributed by atoms with Crippen molar-refractivity contribution in [3.8, 4) is 5.75 Å². The lowest BCUT2D eigenvalue weighted by molar-refractivity contribution is -0.123. The van der Waals surface area contributed by atoms with Crippen molar-refractivity contribution in [2.75, 3.05) is 13.2 Å². The summed E-state index contributed by atoms with van der Waals surface area (Å²) in [6, 6.07) is 15.1. The van der Waals surface area contributed by atoms with E-state index >= 15 is 0 Å². The van der Waals surface area contributed by atoms with Crippen LogP contribution in [0.15, 0.2) is 71.1 Å². The van der Waals surface area contributed by atoms with Crippen LogP contribution in [-0.4, -0.2) is 27.5 Å². The fourth-order valence-corrected chi connectivity index (χ4v) is 4.75. The zero-order valence-electron chi connectivity index (χ0n) is 17.8. The van der Waals surface area contributed by atoms with E-state index in [0.717, 1.165) is 24.8 Å². The summed E-state index contributed by atoms with van der Waals surface area (Å²) in [5.74, 6) is 0.256. The maximum Gasteiger partial charge on any atom is 0.257 e. The Labute approximate surface area is 184 Å². The number of rotatable bonds is 10. The highest BCUT2D eigenvalue weighted by Gasteiger charge is 2.18. The standard InChI is InChI=1S/C24H30N2O4S/c1-19(21-10-6-3-7-11-21)26-31(28,29)23-14-12-22(13-15-23)30-18-24(27)25-17-16-20-8-4-2-5-9-20/h3,6-8,10-15,19,26H,2,4-5,9,16-18H2,1H3,(H,25,27)/t19-/m0/s1. The van der Waals surface area contributed by atoms with Crippen LogP contribution in [0.1, 0.15) is 50.6 Å². The van der Waals surface area contributed by atoms with Gasteiger partial charge < -0.3 is 10.1 Å². The number of hydrogen-bond donors (Lipinski definition) is 2. The zero-order valence-corrected chi connectivity index (χ0v) is 18.7. The van der Waals surface area contributed by atoms with E-state index in [-0.39, 0.29) is 23.5 Å². The summed E-state index contributed by atoms with van der Waals surface area (Å²) in [5.41, 5.74) is 2.30. The van der Waals surface area contributed by atoms with E-state index in [2.05, 4.69) is 16.1 Å². The predicted molar refractivity (Wildman–Crippen MR) is 121 cm³/mol. The number of sulfonamides is 1. The van der Waals surface area contributed by atoms with Crippen molar-refractivity contribution in [3.63, 3.8) is 0 Å². The highest BCUT2D eigenvalue weighted by molar-refractivity contribution is 7.89. The van der Waals surface area contributed by atoms with Gasteiger partial charge in [0.15, 0.2) is 6.61 Å². The summed E-state index contributed by atoms with van der Waals surface area (Å²) in [6.07, 6.45) is 7.91. The molecule has 3 rings (SSSR count). The molecule has 1 amide bonds. The molecule has 0 spiro atoms. The zero-order chi connectivity index (χ0) is 22.1. The smallest absolute Gasteiger partial charge is 0.257 e. The van der Waals surface area contributed by atoms with E-state index in [4.69, 9.17) is 4.74 Å². The van der Waals surface area contributed by atoms with E-state index in [1.165, 1.54) is 30.5 Å². The largest absolute Gasteiger partial charge is 0.484 e. The summed E-state index contributed by atoms with van der Waals surface area (Å²) < 4.78 is 33.4. The first kappa shape index (κ1) is 23.0. The topological polar surface area (TPSA) is 84.5 Å². The predicted octanol–water partition coefficient (Wildman–Crippen LogP) is 4.11. The number of carbonyl (C=O) groups excluding carboxylic acids is 1. The van der Waals surface area contributed by atoms with Gasteiger partial charge in [-0.2, -0.15) is 0 Å². The third-order valence-corrected chi connectivity index (χ3v) is 6.85. The fourth-order valence-electron chi connectivity index (χ4n) is 3.52. The normalized spacial score (nSPS) is 15.1. The van der Waals surface area contributed by atoms with E-state index < -0.39 is 10.0 Å². The van der Waals surface area contributed by atoms with E-state index in [1.54, 1.807) is 19.1 Å². The summed E-state index contributed by atoms with van der Waals surface area (Å²) in [4.78, 5) is 12.1. The molecule has 0 heterocycles. The third kappa shape index (κ3) is 7.22. The first-order valence-electron chi connectivity index (χ1n) is 10.7. The first-order chi connectivity index (χ1) is 14.9. The summed E-state index contributed by atoms with van der Waals surface area (Å²) in [6.45, 7) is 2.30. The Hall–Kier alpha value is -2.64. The average Bonchev–Trinajstić information content (AvgIpc) is 2.79. The van der Waals surface area contributed by atoms with Gasteiger partial charge in [0.2, 0.25) is 10.0 Å². The number of carbonyl (C=O) groups is 1. The molecular weight excluding hydrogens is 412 g/mol. The van der Waals surface area contributed by atoms with Gasteiger partial charge in [0.25, 0.3) is 5.91 Å². The number of allylic oxidation sites excluding steroid dienone is 1. The summed E-state index contributed by atoms with van der Waals surface area (Å²) in [7, 11) is -3.67. The van der Waals surface area contributed by atoms with Crippen LogP contribution in [0.4, 0.5) is 0 Å². The van der Waals surface area contributed by atoms with Crippen LogP contribution in [0.2, 0.25) is 0 Å². The van der Waals surface area contributed by atoms with Crippen LogP contribution in [0, 0.1) is 0 Å². The SMILES string of the molecule is C[C@H](NS(=O)(=O)c1ccc(OCC(=O)NCCC2=CCCCC2)cc1)c1ccccc1. The Bertz CT molecular complexity index is 986. The molecule has 6 nitrogen and oxygen atoms in total. The van der Waals surface area contributed by atoms with Gasteiger partial charge in [-0.3, -0.25) is 4.79 Å². The minimum atomic E-state index is -3.67. The van der Waals surface area contributed by atoms with Crippen LogP contribution in [-0.2, 0) is 14.8 Å². The van der Waals surface area contributed by atoms with Gasteiger partial charge in [-0.1, -0.05) is 42.0 Å². The number of hydrogen-bond acceptors (Lipinski definition) is 4. The molecule has 2 aromatic carbocycles. The van der Waals surface area contributed by atoms with Crippen molar-refractivity contribution in [3.05, 3.63) is 71.8 Å². The van der Waals surface area contributed by atoms with E-state index in [0.29, 0.717) is 12.3 Å². The lowest BCUT2D eigenvalue weighted by atomic mass is 9.97. The van der Waals surface area contributed by atoms with Crippen molar-refractivity contribution >= 4 is 15.9 Å². The molecule has 2 N–H and O–H groups in total. The number of benzene rings is 2. The molecule has 1 atom stereocenters. The molecule has 7 heteroatoms. The molecule has 0 unspecified atom stereocenters. The molecule has 0 saturated carbocycles. The van der Waals surface area contributed by atoms with Crippen LogP contribution in [0.25, 0.3) is 0 Å². The van der Waals surface area contributed by atoms with Gasteiger partial charge in [-0.15, -0.1) is 0 Å². The minimum Gasteiger partial charge on any atom is -0.484 e. The quantitative estimate of drug-likeness (QED) is 0.542. The molecule has 1 aliphatic carbocycles. The van der Waals surface area contributed by atoms with Gasteiger partial charge in [0, 0.05) is 12.6 Å². The minimum absolute atomic E-state index is 0.103. The molecule has 0 saturated heterocycles.